The van der Waals surface area contributed by atoms with Gasteiger partial charge in [-0.05, 0) is 30.7 Å². The number of primary amides is 1. The van der Waals surface area contributed by atoms with Crippen molar-refractivity contribution < 1.29 is 24.0 Å². The van der Waals surface area contributed by atoms with E-state index in [2.05, 4.69) is 5.32 Å². The maximum absolute atomic E-state index is 12.8. The molecule has 5 amide bonds. The lowest BCUT2D eigenvalue weighted by atomic mass is 10.0. The van der Waals surface area contributed by atoms with Crippen molar-refractivity contribution in [2.24, 2.45) is 5.73 Å². The Morgan fingerprint density at radius 2 is 2.00 bits per heavy atom. The fraction of sp³-hybridized carbons (Fsp3) is 0.353. The second-order valence-electron chi connectivity index (χ2n) is 6.04. The number of nitrogens with zero attached hydrogens (tertiary/aromatic N) is 1. The van der Waals surface area contributed by atoms with Crippen LogP contribution in [0.25, 0.3) is 0 Å². The van der Waals surface area contributed by atoms with Crippen molar-refractivity contribution in [3.05, 3.63) is 29.3 Å². The first kappa shape index (κ1) is 18.1. The Balaban J connectivity index is 1.81. The van der Waals surface area contributed by atoms with Crippen molar-refractivity contribution in [2.75, 3.05) is 5.75 Å². The second kappa shape index (κ2) is 7.28. The van der Waals surface area contributed by atoms with Crippen molar-refractivity contribution in [1.29, 1.82) is 0 Å². The fourth-order valence-corrected chi connectivity index (χ4v) is 4.06. The molecule has 8 nitrogen and oxygen atoms in total. The maximum Gasteiger partial charge on any atom is 0.263 e. The highest BCUT2D eigenvalue weighted by Gasteiger charge is 2.45. The Kier molecular flexibility index (Phi) is 5.08. The van der Waals surface area contributed by atoms with E-state index in [9.17, 15) is 24.0 Å². The molecule has 0 saturated carbocycles. The average Bonchev–Trinajstić information content (AvgIpc) is 2.84. The van der Waals surface area contributed by atoms with E-state index in [0.717, 1.165) is 4.90 Å². The Labute approximate surface area is 153 Å². The van der Waals surface area contributed by atoms with E-state index in [-0.39, 0.29) is 36.3 Å². The molecule has 0 aliphatic carbocycles. The summed E-state index contributed by atoms with van der Waals surface area (Å²) in [6.07, 6.45) is 1.01. The van der Waals surface area contributed by atoms with Crippen LogP contribution in [0.4, 0.5) is 0 Å². The number of thioether (sulfide) groups is 1. The van der Waals surface area contributed by atoms with Crippen molar-refractivity contribution >= 4 is 41.3 Å². The van der Waals surface area contributed by atoms with Crippen LogP contribution in [0, 0.1) is 0 Å². The van der Waals surface area contributed by atoms with Crippen molar-refractivity contribution in [1.82, 2.24) is 10.2 Å². The van der Waals surface area contributed by atoms with Gasteiger partial charge in [0.25, 0.3) is 11.8 Å². The molecule has 0 spiro atoms. The molecule has 0 bridgehead atoms. The number of piperidine rings is 1. The van der Waals surface area contributed by atoms with Gasteiger partial charge < -0.3 is 5.73 Å². The van der Waals surface area contributed by atoms with E-state index in [4.69, 9.17) is 5.73 Å². The van der Waals surface area contributed by atoms with Crippen molar-refractivity contribution in [2.45, 2.75) is 36.6 Å². The molecule has 136 valence electrons. The first-order chi connectivity index (χ1) is 12.4. The SMILES string of the molecule is NC(=O)CCCSc1cccc2c1C(=O)N(C1CCC(=O)NC1=O)C2=O. The quantitative estimate of drug-likeness (QED) is 0.422. The van der Waals surface area contributed by atoms with Gasteiger partial charge >= 0.3 is 0 Å². The molecule has 0 radical (unpaired) electrons. The summed E-state index contributed by atoms with van der Waals surface area (Å²) in [6, 6.07) is 3.98. The normalized spacial score (nSPS) is 19.5. The summed E-state index contributed by atoms with van der Waals surface area (Å²) in [5, 5.41) is 2.17. The molecule has 9 heteroatoms. The zero-order chi connectivity index (χ0) is 18.8. The summed E-state index contributed by atoms with van der Waals surface area (Å²) in [5.41, 5.74) is 5.63. The Bertz CT molecular complexity index is 823. The number of rotatable bonds is 6. The summed E-state index contributed by atoms with van der Waals surface area (Å²) in [4.78, 5) is 61.3. The Morgan fingerprint density at radius 1 is 1.23 bits per heavy atom. The predicted molar refractivity (Wildman–Crippen MR) is 92.3 cm³/mol. The van der Waals surface area contributed by atoms with Crippen LogP contribution in [0.1, 0.15) is 46.4 Å². The molecule has 1 fully saturated rings. The molecule has 1 saturated heterocycles. The molecule has 0 aromatic heterocycles. The highest BCUT2D eigenvalue weighted by Crippen LogP contribution is 2.34. The summed E-state index contributed by atoms with van der Waals surface area (Å²) in [5.74, 6) is -1.92. The summed E-state index contributed by atoms with van der Waals surface area (Å²) >= 11 is 1.36. The van der Waals surface area contributed by atoms with Gasteiger partial charge in [-0.2, -0.15) is 0 Å². The third-order valence-electron chi connectivity index (χ3n) is 4.25. The monoisotopic (exact) mass is 375 g/mol. The number of hydrogen-bond donors (Lipinski definition) is 2. The fourth-order valence-electron chi connectivity index (χ4n) is 3.03. The van der Waals surface area contributed by atoms with Crippen LogP contribution in [-0.4, -0.2) is 46.2 Å². The molecule has 1 unspecified atom stereocenters. The number of carbonyl (C=O) groups excluding carboxylic acids is 5. The van der Waals surface area contributed by atoms with Crippen LogP contribution >= 0.6 is 11.8 Å². The van der Waals surface area contributed by atoms with Gasteiger partial charge in [-0.25, -0.2) is 0 Å². The molecular formula is C17H17N3O5S. The first-order valence-corrected chi connectivity index (χ1v) is 9.14. The highest BCUT2D eigenvalue weighted by molar-refractivity contribution is 7.99. The van der Waals surface area contributed by atoms with Gasteiger partial charge in [-0.1, -0.05) is 6.07 Å². The number of benzene rings is 1. The number of hydrogen-bond acceptors (Lipinski definition) is 6. The smallest absolute Gasteiger partial charge is 0.263 e. The molecule has 2 aliphatic heterocycles. The molecule has 2 heterocycles. The number of nitrogens with one attached hydrogen (secondary N) is 1. The van der Waals surface area contributed by atoms with Crippen molar-refractivity contribution in [3.63, 3.8) is 0 Å². The van der Waals surface area contributed by atoms with Gasteiger partial charge in [0, 0.05) is 17.7 Å². The minimum Gasteiger partial charge on any atom is -0.370 e. The molecule has 3 rings (SSSR count). The van der Waals surface area contributed by atoms with Crippen LogP contribution < -0.4 is 11.1 Å². The largest absolute Gasteiger partial charge is 0.370 e. The maximum atomic E-state index is 12.8. The zero-order valence-corrected chi connectivity index (χ0v) is 14.6. The molecule has 1 aromatic carbocycles. The van der Waals surface area contributed by atoms with E-state index < -0.39 is 29.7 Å². The van der Waals surface area contributed by atoms with Crippen LogP contribution in [0.15, 0.2) is 23.1 Å². The first-order valence-electron chi connectivity index (χ1n) is 8.16. The standard InChI is InChI=1S/C17H17N3O5S/c18-12(21)5-2-8-26-11-4-1-3-9-14(11)17(25)20(16(9)24)10-6-7-13(22)19-15(10)23/h1,3-4,10H,2,5-8H2,(H2,18,21)(H,19,22,23). The summed E-state index contributed by atoms with van der Waals surface area (Å²) in [7, 11) is 0. The number of nitrogens with two attached hydrogens (primary N) is 1. The zero-order valence-electron chi connectivity index (χ0n) is 13.8. The van der Waals surface area contributed by atoms with Crippen LogP contribution in [0.5, 0.6) is 0 Å². The second-order valence-corrected chi connectivity index (χ2v) is 7.18. The average molecular weight is 375 g/mol. The minimum atomic E-state index is -0.979. The van der Waals surface area contributed by atoms with Crippen LogP contribution in [0.3, 0.4) is 0 Å². The molecular weight excluding hydrogens is 358 g/mol. The van der Waals surface area contributed by atoms with Crippen LogP contribution in [-0.2, 0) is 14.4 Å². The summed E-state index contributed by atoms with van der Waals surface area (Å²) in [6.45, 7) is 0. The van der Waals surface area contributed by atoms with Gasteiger partial charge in [0.1, 0.15) is 6.04 Å². The predicted octanol–water partition coefficient (Wildman–Crippen LogP) is 0.445. The minimum absolute atomic E-state index is 0.0819. The lowest BCUT2D eigenvalue weighted by molar-refractivity contribution is -0.136. The molecule has 1 atom stereocenters. The number of imide groups is 2. The van der Waals surface area contributed by atoms with Gasteiger partial charge in [-0.15, -0.1) is 11.8 Å². The van der Waals surface area contributed by atoms with Gasteiger partial charge in [0.05, 0.1) is 11.1 Å². The molecule has 2 aliphatic rings. The van der Waals surface area contributed by atoms with Crippen LogP contribution in [0.2, 0.25) is 0 Å². The highest BCUT2D eigenvalue weighted by atomic mass is 32.2. The third-order valence-corrected chi connectivity index (χ3v) is 5.40. The Morgan fingerprint density at radius 3 is 2.69 bits per heavy atom. The molecule has 3 N–H and O–H groups in total. The van der Waals surface area contributed by atoms with Crippen molar-refractivity contribution in [3.8, 4) is 0 Å². The van der Waals surface area contributed by atoms with E-state index in [0.29, 0.717) is 17.1 Å². The topological polar surface area (TPSA) is 127 Å². The third kappa shape index (κ3) is 3.34. The number of fused-ring (bicyclic) bond motifs is 1. The van der Waals surface area contributed by atoms with Gasteiger partial charge in [-0.3, -0.25) is 34.2 Å². The summed E-state index contributed by atoms with van der Waals surface area (Å²) < 4.78 is 0. The van der Waals surface area contributed by atoms with E-state index >= 15 is 0 Å². The molecule has 1 aromatic rings. The number of amides is 5. The lowest BCUT2D eigenvalue weighted by Gasteiger charge is -2.27. The lowest BCUT2D eigenvalue weighted by Crippen LogP contribution is -2.54. The Hall–Kier alpha value is -2.68. The van der Waals surface area contributed by atoms with E-state index in [1.807, 2.05) is 0 Å². The van der Waals surface area contributed by atoms with Gasteiger partial charge in [0.2, 0.25) is 17.7 Å². The van der Waals surface area contributed by atoms with E-state index in [1.54, 1.807) is 18.2 Å². The van der Waals surface area contributed by atoms with E-state index in [1.165, 1.54) is 11.8 Å². The molecule has 26 heavy (non-hydrogen) atoms. The number of carbonyl (C=O) groups is 5. The van der Waals surface area contributed by atoms with Gasteiger partial charge in [0.15, 0.2) is 0 Å².